The molecule has 0 radical (unpaired) electrons. The van der Waals surface area contributed by atoms with Crippen LogP contribution in [0.15, 0.2) is 23.2 Å². The second-order valence-corrected chi connectivity index (χ2v) is 6.50. The highest BCUT2D eigenvalue weighted by atomic mass is 32.2. The highest BCUT2D eigenvalue weighted by molar-refractivity contribution is 8.00. The highest BCUT2D eigenvalue weighted by Gasteiger charge is 2.16. The van der Waals surface area contributed by atoms with Crippen LogP contribution < -0.4 is 20.1 Å². The van der Waals surface area contributed by atoms with Gasteiger partial charge in [-0.2, -0.15) is 11.8 Å². The molecule has 6 heteroatoms. The minimum atomic E-state index is 0.637. The first-order chi connectivity index (χ1) is 10.8. The van der Waals surface area contributed by atoms with Crippen LogP contribution >= 0.6 is 11.8 Å². The van der Waals surface area contributed by atoms with Crippen molar-refractivity contribution in [2.24, 2.45) is 4.99 Å². The summed E-state index contributed by atoms with van der Waals surface area (Å²) in [6.07, 6.45) is 2.61. The molecule has 2 rings (SSSR count). The molecule has 1 aliphatic rings. The summed E-state index contributed by atoms with van der Waals surface area (Å²) >= 11 is 2.04. The number of thioether (sulfide) groups is 1. The number of hydrogen-bond acceptors (Lipinski definition) is 4. The topological polar surface area (TPSA) is 54.9 Å². The van der Waals surface area contributed by atoms with Gasteiger partial charge in [0.1, 0.15) is 0 Å². The molecule has 122 valence electrons. The summed E-state index contributed by atoms with van der Waals surface area (Å²) in [5.74, 6) is 3.60. The SMILES string of the molecule is CN=C(NCc1cccc(OC)c1OC)NCC1CCCS1. The fourth-order valence-corrected chi connectivity index (χ4v) is 3.71. The molecule has 1 unspecified atom stereocenters. The molecule has 1 atom stereocenters. The lowest BCUT2D eigenvalue weighted by atomic mass is 10.2. The molecule has 0 bridgehead atoms. The van der Waals surface area contributed by atoms with Crippen molar-refractivity contribution in [3.05, 3.63) is 23.8 Å². The molecule has 5 nitrogen and oxygen atoms in total. The van der Waals surface area contributed by atoms with Crippen LogP contribution in [0.1, 0.15) is 18.4 Å². The van der Waals surface area contributed by atoms with Gasteiger partial charge >= 0.3 is 0 Å². The number of para-hydroxylation sites is 1. The van der Waals surface area contributed by atoms with E-state index in [2.05, 4.69) is 15.6 Å². The summed E-state index contributed by atoms with van der Waals surface area (Å²) in [7, 11) is 5.10. The molecule has 0 amide bonds. The van der Waals surface area contributed by atoms with Crippen LogP contribution in [0.25, 0.3) is 0 Å². The van der Waals surface area contributed by atoms with Crippen molar-refractivity contribution < 1.29 is 9.47 Å². The number of nitrogens with zero attached hydrogens (tertiary/aromatic N) is 1. The van der Waals surface area contributed by atoms with Gasteiger partial charge in [-0.05, 0) is 24.7 Å². The van der Waals surface area contributed by atoms with Gasteiger partial charge in [0.2, 0.25) is 0 Å². The summed E-state index contributed by atoms with van der Waals surface area (Å²) in [4.78, 5) is 4.28. The van der Waals surface area contributed by atoms with E-state index >= 15 is 0 Å². The van der Waals surface area contributed by atoms with Gasteiger partial charge in [0, 0.05) is 31.0 Å². The normalized spacial score (nSPS) is 18.1. The van der Waals surface area contributed by atoms with Crippen LogP contribution in [0.4, 0.5) is 0 Å². The van der Waals surface area contributed by atoms with Crippen molar-refractivity contribution in [3.63, 3.8) is 0 Å². The maximum Gasteiger partial charge on any atom is 0.191 e. The first kappa shape index (κ1) is 16.8. The van der Waals surface area contributed by atoms with Crippen LogP contribution in [0.3, 0.4) is 0 Å². The summed E-state index contributed by atoms with van der Waals surface area (Å²) in [6.45, 7) is 1.59. The molecule has 1 aromatic carbocycles. The zero-order valence-electron chi connectivity index (χ0n) is 13.5. The number of benzene rings is 1. The van der Waals surface area contributed by atoms with E-state index in [1.165, 1.54) is 18.6 Å². The smallest absolute Gasteiger partial charge is 0.191 e. The average molecular weight is 323 g/mol. The molecule has 0 aromatic heterocycles. The van der Waals surface area contributed by atoms with Gasteiger partial charge in [0.15, 0.2) is 17.5 Å². The molecule has 0 spiro atoms. The second kappa shape index (κ2) is 8.78. The number of aliphatic imine (C=N–C) groups is 1. The standard InChI is InChI=1S/C16H25N3O2S/c1-17-16(19-11-13-7-5-9-22-13)18-10-12-6-4-8-14(20-2)15(12)21-3/h4,6,8,13H,5,7,9-11H2,1-3H3,(H2,17,18,19). The van der Waals surface area contributed by atoms with E-state index in [0.717, 1.165) is 29.6 Å². The Hall–Kier alpha value is -1.56. The maximum absolute atomic E-state index is 5.45. The molecular weight excluding hydrogens is 298 g/mol. The second-order valence-electron chi connectivity index (χ2n) is 5.09. The van der Waals surface area contributed by atoms with Gasteiger partial charge in [-0.3, -0.25) is 4.99 Å². The van der Waals surface area contributed by atoms with Gasteiger partial charge in [-0.25, -0.2) is 0 Å². The Morgan fingerprint density at radius 1 is 1.32 bits per heavy atom. The van der Waals surface area contributed by atoms with E-state index in [0.29, 0.717) is 11.8 Å². The third-order valence-corrected chi connectivity index (χ3v) is 5.07. The number of nitrogens with one attached hydrogen (secondary N) is 2. The fraction of sp³-hybridized carbons (Fsp3) is 0.562. The molecule has 0 saturated carbocycles. The summed E-state index contributed by atoms with van der Waals surface area (Å²) in [5.41, 5.74) is 1.04. The Bertz CT molecular complexity index is 502. The van der Waals surface area contributed by atoms with E-state index in [9.17, 15) is 0 Å². The van der Waals surface area contributed by atoms with E-state index in [1.54, 1.807) is 21.3 Å². The van der Waals surface area contributed by atoms with Crippen molar-refractivity contribution in [2.75, 3.05) is 33.6 Å². The molecule has 1 aliphatic heterocycles. The third kappa shape index (κ3) is 4.47. The molecule has 2 N–H and O–H groups in total. The zero-order chi connectivity index (χ0) is 15.8. The lowest BCUT2D eigenvalue weighted by Gasteiger charge is -2.16. The lowest BCUT2D eigenvalue weighted by Crippen LogP contribution is -2.39. The van der Waals surface area contributed by atoms with E-state index < -0.39 is 0 Å². The molecule has 1 heterocycles. The first-order valence-electron chi connectivity index (χ1n) is 7.54. The van der Waals surface area contributed by atoms with Gasteiger partial charge < -0.3 is 20.1 Å². The van der Waals surface area contributed by atoms with Crippen LogP contribution in [-0.4, -0.2) is 44.8 Å². The highest BCUT2D eigenvalue weighted by Crippen LogP contribution is 2.30. The largest absolute Gasteiger partial charge is 0.493 e. The van der Waals surface area contributed by atoms with Crippen LogP contribution in [0.5, 0.6) is 11.5 Å². The Morgan fingerprint density at radius 2 is 2.18 bits per heavy atom. The average Bonchev–Trinajstić information content (AvgIpc) is 3.08. The monoisotopic (exact) mass is 323 g/mol. The minimum Gasteiger partial charge on any atom is -0.493 e. The Balaban J connectivity index is 1.90. The van der Waals surface area contributed by atoms with Crippen LogP contribution in [0, 0.1) is 0 Å². The van der Waals surface area contributed by atoms with Gasteiger partial charge in [0.25, 0.3) is 0 Å². The quantitative estimate of drug-likeness (QED) is 0.621. The van der Waals surface area contributed by atoms with Crippen LogP contribution in [-0.2, 0) is 6.54 Å². The third-order valence-electron chi connectivity index (χ3n) is 3.68. The van der Waals surface area contributed by atoms with E-state index in [-0.39, 0.29) is 0 Å². The van der Waals surface area contributed by atoms with Gasteiger partial charge in [-0.1, -0.05) is 12.1 Å². The van der Waals surface area contributed by atoms with E-state index in [4.69, 9.17) is 9.47 Å². The number of hydrogen-bond donors (Lipinski definition) is 2. The van der Waals surface area contributed by atoms with E-state index in [1.807, 2.05) is 30.0 Å². The zero-order valence-corrected chi connectivity index (χ0v) is 14.3. The van der Waals surface area contributed by atoms with Crippen molar-refractivity contribution >= 4 is 17.7 Å². The van der Waals surface area contributed by atoms with Gasteiger partial charge in [0.05, 0.1) is 14.2 Å². The summed E-state index contributed by atoms with van der Waals surface area (Å²) < 4.78 is 10.8. The lowest BCUT2D eigenvalue weighted by molar-refractivity contribution is 0.351. The Labute approximate surface area is 136 Å². The Morgan fingerprint density at radius 3 is 2.82 bits per heavy atom. The molecular formula is C16H25N3O2S. The predicted molar refractivity (Wildman–Crippen MR) is 93.2 cm³/mol. The number of methoxy groups -OCH3 is 2. The van der Waals surface area contributed by atoms with Crippen molar-refractivity contribution in [1.82, 2.24) is 10.6 Å². The predicted octanol–water partition coefficient (Wildman–Crippen LogP) is 2.26. The number of guanidine groups is 1. The maximum atomic E-state index is 5.45. The summed E-state index contributed by atoms with van der Waals surface area (Å²) in [5, 5.41) is 7.42. The number of rotatable bonds is 6. The Kier molecular flexibility index (Phi) is 6.71. The molecule has 22 heavy (non-hydrogen) atoms. The van der Waals surface area contributed by atoms with Crippen LogP contribution in [0.2, 0.25) is 0 Å². The summed E-state index contributed by atoms with van der Waals surface area (Å²) in [6, 6.07) is 5.88. The first-order valence-corrected chi connectivity index (χ1v) is 8.59. The minimum absolute atomic E-state index is 0.637. The molecule has 0 aliphatic carbocycles. The van der Waals surface area contributed by atoms with Crippen molar-refractivity contribution in [1.29, 1.82) is 0 Å². The van der Waals surface area contributed by atoms with Crippen molar-refractivity contribution in [3.8, 4) is 11.5 Å². The molecule has 1 fully saturated rings. The molecule has 1 aromatic rings. The van der Waals surface area contributed by atoms with Gasteiger partial charge in [-0.15, -0.1) is 0 Å². The fourth-order valence-electron chi connectivity index (χ4n) is 2.51. The molecule has 1 saturated heterocycles. The van der Waals surface area contributed by atoms with Crippen molar-refractivity contribution in [2.45, 2.75) is 24.6 Å². The number of ether oxygens (including phenoxy) is 2.